The normalized spacial score (nSPS) is 11.2. The van der Waals surface area contributed by atoms with Gasteiger partial charge in [0, 0.05) is 35.2 Å². The molecule has 5 aromatic rings. The third kappa shape index (κ3) is 3.86. The number of hydrogen-bond acceptors (Lipinski definition) is 7. The number of para-hydroxylation sites is 1. The van der Waals surface area contributed by atoms with E-state index in [9.17, 15) is 13.2 Å². The smallest absolute Gasteiger partial charge is 0.255 e. The van der Waals surface area contributed by atoms with Crippen molar-refractivity contribution in [3.8, 4) is 23.0 Å². The molecule has 0 atom stereocenters. The summed E-state index contributed by atoms with van der Waals surface area (Å²) in [7, 11) is 1.50. The van der Waals surface area contributed by atoms with E-state index in [4.69, 9.17) is 16.2 Å². The van der Waals surface area contributed by atoms with Crippen LogP contribution in [0.15, 0.2) is 54.7 Å². The molecule has 0 aliphatic heterocycles. The van der Waals surface area contributed by atoms with Crippen LogP contribution in [0.2, 0.25) is 0 Å². The third-order valence-corrected chi connectivity index (χ3v) is 5.52. The molecule has 0 aliphatic rings. The number of aromatic nitrogens is 5. The first kappa shape index (κ1) is 22.1. The van der Waals surface area contributed by atoms with Crippen molar-refractivity contribution in [3.63, 3.8) is 0 Å². The van der Waals surface area contributed by atoms with Gasteiger partial charge < -0.3 is 16.2 Å². The predicted octanol–water partition coefficient (Wildman–Crippen LogP) is 4.06. The van der Waals surface area contributed by atoms with E-state index in [0.717, 1.165) is 12.1 Å². The first-order valence-corrected chi connectivity index (χ1v) is 10.4. The lowest BCUT2D eigenvalue weighted by atomic mass is 10.1. The van der Waals surface area contributed by atoms with Crippen LogP contribution in [-0.4, -0.2) is 31.8 Å². The van der Waals surface area contributed by atoms with Crippen molar-refractivity contribution in [1.29, 1.82) is 0 Å². The highest BCUT2D eigenvalue weighted by molar-refractivity contribution is 5.85. The van der Waals surface area contributed by atoms with Crippen LogP contribution in [0.3, 0.4) is 0 Å². The molecule has 4 N–H and O–H groups in total. The van der Waals surface area contributed by atoms with Gasteiger partial charge in [0.25, 0.3) is 5.95 Å². The molecule has 5 rings (SSSR count). The lowest BCUT2D eigenvalue weighted by molar-refractivity contribution is 0.398. The minimum atomic E-state index is -1.26. The average Bonchev–Trinajstić information content (AvgIpc) is 3.23. The first-order chi connectivity index (χ1) is 16.9. The SMILES string of the molecule is COc1ccc(-c2c(N)nc(-n3nc(Cc4c(F)ccc(F)c4F)c4ccccc43)nc2N)cn1. The van der Waals surface area contributed by atoms with Gasteiger partial charge >= 0.3 is 0 Å². The summed E-state index contributed by atoms with van der Waals surface area (Å²) in [6, 6.07) is 12.0. The highest BCUT2D eigenvalue weighted by Gasteiger charge is 2.21. The fourth-order valence-corrected chi connectivity index (χ4v) is 3.84. The van der Waals surface area contributed by atoms with Gasteiger partial charge in [-0.3, -0.25) is 0 Å². The second-order valence-electron chi connectivity index (χ2n) is 7.63. The van der Waals surface area contributed by atoms with Crippen molar-refractivity contribution in [1.82, 2.24) is 24.7 Å². The Labute approximate surface area is 197 Å². The highest BCUT2D eigenvalue weighted by atomic mass is 19.2. The lowest BCUT2D eigenvalue weighted by Gasteiger charge is -2.11. The van der Waals surface area contributed by atoms with Gasteiger partial charge in [-0.15, -0.1) is 0 Å². The number of hydrogen-bond donors (Lipinski definition) is 2. The summed E-state index contributed by atoms with van der Waals surface area (Å²) >= 11 is 0. The van der Waals surface area contributed by atoms with E-state index in [2.05, 4.69) is 20.1 Å². The minimum Gasteiger partial charge on any atom is -0.481 e. The van der Waals surface area contributed by atoms with Gasteiger partial charge in [-0.1, -0.05) is 18.2 Å². The van der Waals surface area contributed by atoms with Gasteiger partial charge in [0.1, 0.15) is 17.5 Å². The molecule has 0 bridgehead atoms. The van der Waals surface area contributed by atoms with Crippen molar-refractivity contribution >= 4 is 22.5 Å². The Hall–Kier alpha value is -4.67. The number of benzene rings is 2. The maximum atomic E-state index is 14.3. The zero-order valence-electron chi connectivity index (χ0n) is 18.3. The number of anilines is 2. The largest absolute Gasteiger partial charge is 0.481 e. The quantitative estimate of drug-likeness (QED) is 0.367. The van der Waals surface area contributed by atoms with Crippen molar-refractivity contribution in [3.05, 3.63) is 83.4 Å². The van der Waals surface area contributed by atoms with Crippen LogP contribution >= 0.6 is 0 Å². The second-order valence-corrected chi connectivity index (χ2v) is 7.63. The van der Waals surface area contributed by atoms with E-state index < -0.39 is 23.0 Å². The maximum Gasteiger partial charge on any atom is 0.255 e. The zero-order valence-corrected chi connectivity index (χ0v) is 18.3. The Kier molecular flexibility index (Phi) is 5.44. The minimum absolute atomic E-state index is 0.0628. The van der Waals surface area contributed by atoms with Crippen LogP contribution in [0, 0.1) is 17.5 Å². The molecule has 0 fully saturated rings. The number of fused-ring (bicyclic) bond motifs is 1. The number of halogens is 3. The molecule has 8 nitrogen and oxygen atoms in total. The Morgan fingerprint density at radius 1 is 0.914 bits per heavy atom. The number of pyridine rings is 1. The number of methoxy groups -OCH3 is 1. The molecule has 11 heteroatoms. The van der Waals surface area contributed by atoms with Crippen LogP contribution in [0.25, 0.3) is 28.0 Å². The number of nitrogens with zero attached hydrogens (tertiary/aromatic N) is 5. The van der Waals surface area contributed by atoms with Gasteiger partial charge in [0.2, 0.25) is 5.88 Å². The molecule has 3 aromatic heterocycles. The van der Waals surface area contributed by atoms with Crippen LogP contribution in [0.1, 0.15) is 11.3 Å². The Morgan fingerprint density at radius 3 is 2.31 bits per heavy atom. The third-order valence-electron chi connectivity index (χ3n) is 5.52. The maximum absolute atomic E-state index is 14.3. The number of nitrogens with two attached hydrogens (primary N) is 2. The molecular weight excluding hydrogens is 459 g/mol. The summed E-state index contributed by atoms with van der Waals surface area (Å²) in [5.41, 5.74) is 13.9. The molecule has 0 spiro atoms. The van der Waals surface area contributed by atoms with Gasteiger partial charge in [0.05, 0.1) is 23.9 Å². The number of rotatable bonds is 5. The van der Waals surface area contributed by atoms with E-state index in [-0.39, 0.29) is 24.0 Å². The molecule has 0 radical (unpaired) electrons. The summed E-state index contributed by atoms with van der Waals surface area (Å²) in [6.45, 7) is 0. The van der Waals surface area contributed by atoms with Gasteiger partial charge in [-0.25, -0.2) is 18.2 Å². The van der Waals surface area contributed by atoms with E-state index in [1.54, 1.807) is 36.4 Å². The monoisotopic (exact) mass is 477 g/mol. The van der Waals surface area contributed by atoms with Crippen molar-refractivity contribution in [2.75, 3.05) is 18.6 Å². The molecule has 0 saturated heterocycles. The van der Waals surface area contributed by atoms with Gasteiger partial charge in [-0.2, -0.15) is 19.7 Å². The second kappa shape index (κ2) is 8.60. The molecule has 0 aliphatic carbocycles. The molecular formula is C24H18F3N7O. The number of nitrogen functional groups attached to an aromatic ring is 2. The summed E-state index contributed by atoms with van der Waals surface area (Å²) < 4.78 is 48.8. The summed E-state index contributed by atoms with van der Waals surface area (Å²) in [4.78, 5) is 12.9. The fourth-order valence-electron chi connectivity index (χ4n) is 3.84. The molecule has 176 valence electrons. The van der Waals surface area contributed by atoms with Gasteiger partial charge in [0.15, 0.2) is 11.6 Å². The standard InChI is InChI=1S/C24H18F3N7O/c1-35-19-9-6-12(11-30-19)20-22(28)31-24(32-23(20)29)34-18-5-3-2-4-13(18)17(33-34)10-14-15(25)7-8-16(26)21(14)27/h2-9,11H,10H2,1H3,(H4,28,29,31,32). The average molecular weight is 477 g/mol. The van der Waals surface area contributed by atoms with Crippen LogP contribution < -0.4 is 16.2 Å². The van der Waals surface area contributed by atoms with E-state index in [0.29, 0.717) is 33.6 Å². The van der Waals surface area contributed by atoms with Gasteiger partial charge in [-0.05, 0) is 24.3 Å². The van der Waals surface area contributed by atoms with E-state index in [1.807, 2.05) is 0 Å². The van der Waals surface area contributed by atoms with E-state index >= 15 is 0 Å². The molecule has 35 heavy (non-hydrogen) atoms. The Morgan fingerprint density at radius 2 is 1.63 bits per heavy atom. The highest BCUT2D eigenvalue weighted by Crippen LogP contribution is 2.32. The molecule has 2 aromatic carbocycles. The van der Waals surface area contributed by atoms with E-state index in [1.165, 1.54) is 18.0 Å². The molecule has 0 amide bonds. The van der Waals surface area contributed by atoms with Crippen LogP contribution in [-0.2, 0) is 6.42 Å². The van der Waals surface area contributed by atoms with Crippen molar-refractivity contribution in [2.24, 2.45) is 0 Å². The molecule has 3 heterocycles. The topological polar surface area (TPSA) is 118 Å². The number of ether oxygens (including phenoxy) is 1. The molecule has 0 saturated carbocycles. The van der Waals surface area contributed by atoms with Crippen molar-refractivity contribution < 1.29 is 17.9 Å². The van der Waals surface area contributed by atoms with Crippen molar-refractivity contribution in [2.45, 2.75) is 6.42 Å². The predicted molar refractivity (Wildman–Crippen MR) is 124 cm³/mol. The summed E-state index contributed by atoms with van der Waals surface area (Å²) in [6.07, 6.45) is 1.25. The molecule has 0 unspecified atom stereocenters. The summed E-state index contributed by atoms with van der Waals surface area (Å²) in [5, 5.41) is 5.05. The summed E-state index contributed by atoms with van der Waals surface area (Å²) in [5.74, 6) is -2.61. The lowest BCUT2D eigenvalue weighted by Crippen LogP contribution is -2.10. The fraction of sp³-hybridized carbons (Fsp3) is 0.0833. The Balaban J connectivity index is 1.61. The Bertz CT molecular complexity index is 1550. The first-order valence-electron chi connectivity index (χ1n) is 10.4. The van der Waals surface area contributed by atoms with Crippen LogP contribution in [0.4, 0.5) is 24.8 Å². The zero-order chi connectivity index (χ0) is 24.7. The van der Waals surface area contributed by atoms with Crippen LogP contribution in [0.5, 0.6) is 5.88 Å².